The van der Waals surface area contributed by atoms with Crippen molar-refractivity contribution in [1.29, 1.82) is 0 Å². The van der Waals surface area contributed by atoms with Gasteiger partial charge in [0.05, 0.1) is 24.9 Å². The predicted octanol–water partition coefficient (Wildman–Crippen LogP) is 4.59. The first-order chi connectivity index (χ1) is 15.7. The number of aliphatic hydroxyl groups is 1. The van der Waals surface area contributed by atoms with Crippen LogP contribution in [0.4, 0.5) is 4.79 Å². The summed E-state index contributed by atoms with van der Waals surface area (Å²) in [5.41, 5.74) is 2.96. The highest BCUT2D eigenvalue weighted by atomic mass is 16.6. The molecule has 1 saturated heterocycles. The van der Waals surface area contributed by atoms with E-state index in [9.17, 15) is 9.90 Å². The van der Waals surface area contributed by atoms with Gasteiger partial charge in [-0.2, -0.15) is 0 Å². The number of rotatable bonds is 10. The van der Waals surface area contributed by atoms with Crippen LogP contribution in [-0.4, -0.2) is 41.0 Å². The highest BCUT2D eigenvalue weighted by Crippen LogP contribution is 2.24. The number of amides is 1. The van der Waals surface area contributed by atoms with Crippen molar-refractivity contribution < 1.29 is 19.4 Å². The van der Waals surface area contributed by atoms with Gasteiger partial charge in [0, 0.05) is 13.0 Å². The Morgan fingerprint density at radius 1 is 0.906 bits per heavy atom. The minimum Gasteiger partial charge on any atom is -0.445 e. The average Bonchev–Trinajstić information content (AvgIpc) is 3.65. The van der Waals surface area contributed by atoms with Crippen LogP contribution >= 0.6 is 0 Å². The molecule has 166 valence electrons. The maximum atomic E-state index is 13.3. The van der Waals surface area contributed by atoms with Crippen LogP contribution in [0.15, 0.2) is 91.0 Å². The Balaban J connectivity index is 1.57. The molecular weight excluding hydrogens is 402 g/mol. The normalized spacial score (nSPS) is 16.7. The number of nitrogens with zero attached hydrogens (tertiary/aromatic N) is 1. The Labute approximate surface area is 189 Å². The topological polar surface area (TPSA) is 62.3 Å². The number of aliphatic hydroxyl groups excluding tert-OH is 1. The van der Waals surface area contributed by atoms with Crippen molar-refractivity contribution in [2.75, 3.05) is 6.61 Å². The number of hydrogen-bond acceptors (Lipinski definition) is 4. The Morgan fingerprint density at radius 2 is 1.44 bits per heavy atom. The maximum Gasteiger partial charge on any atom is 0.410 e. The lowest BCUT2D eigenvalue weighted by atomic mass is 9.96. The molecule has 1 amide bonds. The number of hydrogen-bond donors (Lipinski definition) is 1. The molecule has 3 aromatic rings. The molecule has 0 aliphatic carbocycles. The molecule has 0 bridgehead atoms. The molecule has 3 aromatic carbocycles. The second kappa shape index (κ2) is 10.9. The third kappa shape index (κ3) is 6.42. The second-order valence-electron chi connectivity index (χ2n) is 8.17. The summed E-state index contributed by atoms with van der Waals surface area (Å²) < 4.78 is 11.0. The zero-order valence-corrected chi connectivity index (χ0v) is 18.0. The zero-order valence-electron chi connectivity index (χ0n) is 18.0. The molecule has 32 heavy (non-hydrogen) atoms. The monoisotopic (exact) mass is 431 g/mol. The van der Waals surface area contributed by atoms with Crippen LogP contribution in [0, 0.1) is 0 Å². The largest absolute Gasteiger partial charge is 0.445 e. The van der Waals surface area contributed by atoms with E-state index in [1.165, 1.54) is 0 Å². The highest BCUT2D eigenvalue weighted by molar-refractivity contribution is 5.68. The van der Waals surface area contributed by atoms with Gasteiger partial charge >= 0.3 is 6.09 Å². The fraction of sp³-hybridized carbons (Fsp3) is 0.296. The fourth-order valence-electron chi connectivity index (χ4n) is 3.84. The van der Waals surface area contributed by atoms with Gasteiger partial charge in [-0.15, -0.1) is 0 Å². The van der Waals surface area contributed by atoms with Crippen LogP contribution < -0.4 is 0 Å². The van der Waals surface area contributed by atoms with Crippen molar-refractivity contribution in [3.8, 4) is 0 Å². The Morgan fingerprint density at radius 3 is 2.00 bits per heavy atom. The fourth-order valence-corrected chi connectivity index (χ4v) is 3.84. The van der Waals surface area contributed by atoms with Gasteiger partial charge in [0.2, 0.25) is 0 Å². The molecule has 0 saturated carbocycles. The first-order valence-electron chi connectivity index (χ1n) is 11.0. The average molecular weight is 432 g/mol. The summed E-state index contributed by atoms with van der Waals surface area (Å²) in [4.78, 5) is 15.0. The number of epoxide rings is 1. The van der Waals surface area contributed by atoms with E-state index in [0.717, 1.165) is 16.7 Å². The van der Waals surface area contributed by atoms with Crippen LogP contribution in [0.25, 0.3) is 0 Å². The van der Waals surface area contributed by atoms with Gasteiger partial charge < -0.3 is 14.6 Å². The first kappa shape index (κ1) is 22.1. The van der Waals surface area contributed by atoms with Crippen molar-refractivity contribution in [1.82, 2.24) is 4.90 Å². The molecule has 0 aromatic heterocycles. The van der Waals surface area contributed by atoms with Crippen LogP contribution in [0.2, 0.25) is 0 Å². The summed E-state index contributed by atoms with van der Waals surface area (Å²) in [6.45, 7) is 1.20. The quantitative estimate of drug-likeness (QED) is 0.477. The molecule has 5 nitrogen and oxygen atoms in total. The number of benzene rings is 3. The van der Waals surface area contributed by atoms with Gasteiger partial charge in [0.25, 0.3) is 0 Å². The first-order valence-corrected chi connectivity index (χ1v) is 11.0. The summed E-state index contributed by atoms with van der Waals surface area (Å²) in [7, 11) is 0. The van der Waals surface area contributed by atoms with Crippen molar-refractivity contribution in [3.05, 3.63) is 108 Å². The van der Waals surface area contributed by atoms with Gasteiger partial charge in [-0.3, -0.25) is 4.90 Å². The number of carbonyl (C=O) groups is 1. The lowest BCUT2D eigenvalue weighted by Crippen LogP contribution is -2.48. The van der Waals surface area contributed by atoms with E-state index in [2.05, 4.69) is 0 Å². The highest BCUT2D eigenvalue weighted by Gasteiger charge is 2.35. The van der Waals surface area contributed by atoms with Gasteiger partial charge in [-0.25, -0.2) is 4.79 Å². The molecule has 0 spiro atoms. The predicted molar refractivity (Wildman–Crippen MR) is 123 cm³/mol. The third-order valence-electron chi connectivity index (χ3n) is 5.67. The second-order valence-corrected chi connectivity index (χ2v) is 8.17. The Bertz CT molecular complexity index is 961. The minimum atomic E-state index is -0.726. The van der Waals surface area contributed by atoms with E-state index in [4.69, 9.17) is 9.47 Å². The van der Waals surface area contributed by atoms with Crippen LogP contribution in [0.5, 0.6) is 0 Å². The van der Waals surface area contributed by atoms with Crippen molar-refractivity contribution >= 4 is 6.09 Å². The molecule has 1 aliphatic heterocycles. The molecular formula is C27H29NO4. The Kier molecular flexibility index (Phi) is 7.54. The number of carbonyl (C=O) groups excluding carboxylic acids is 1. The molecule has 1 unspecified atom stereocenters. The molecule has 1 aliphatic rings. The van der Waals surface area contributed by atoms with Crippen LogP contribution in [-0.2, 0) is 29.0 Å². The summed E-state index contributed by atoms with van der Waals surface area (Å²) in [6.07, 6.45) is -0.0798. The van der Waals surface area contributed by atoms with E-state index in [-0.39, 0.29) is 12.7 Å². The molecule has 1 fully saturated rings. The SMILES string of the molecule is O=C(OCc1ccccc1)N(Cc1ccccc1)[C@H](Cc1ccccc1)[C@@H](O)CC1CO1. The molecule has 1 heterocycles. The molecule has 4 rings (SSSR count). The summed E-state index contributed by atoms with van der Waals surface area (Å²) >= 11 is 0. The van der Waals surface area contributed by atoms with E-state index in [1.807, 2.05) is 91.0 Å². The summed E-state index contributed by atoms with van der Waals surface area (Å²) in [5.74, 6) is 0. The smallest absolute Gasteiger partial charge is 0.410 e. The third-order valence-corrected chi connectivity index (χ3v) is 5.67. The van der Waals surface area contributed by atoms with Crippen molar-refractivity contribution in [2.45, 2.75) is 44.2 Å². The maximum absolute atomic E-state index is 13.3. The van der Waals surface area contributed by atoms with E-state index < -0.39 is 18.2 Å². The summed E-state index contributed by atoms with van der Waals surface area (Å²) in [6, 6.07) is 28.9. The van der Waals surface area contributed by atoms with Gasteiger partial charge in [-0.1, -0.05) is 91.0 Å². The minimum absolute atomic E-state index is 0.0576. The lowest BCUT2D eigenvalue weighted by molar-refractivity contribution is 0.0206. The van der Waals surface area contributed by atoms with E-state index >= 15 is 0 Å². The number of ether oxygens (including phenoxy) is 2. The Hall–Kier alpha value is -3.15. The zero-order chi connectivity index (χ0) is 22.2. The van der Waals surface area contributed by atoms with Crippen molar-refractivity contribution in [3.63, 3.8) is 0 Å². The van der Waals surface area contributed by atoms with Gasteiger partial charge in [0.1, 0.15) is 6.61 Å². The molecule has 1 N–H and O–H groups in total. The van der Waals surface area contributed by atoms with Gasteiger partial charge in [-0.05, 0) is 23.1 Å². The standard InChI is InChI=1S/C27H29NO4/c29-26(17-24-20-31-24)25(16-21-10-4-1-5-11-21)28(18-22-12-6-2-7-13-22)27(30)32-19-23-14-8-3-9-15-23/h1-15,24-26,29H,16-20H2/t24?,25-,26+/m1/s1. The van der Waals surface area contributed by atoms with Crippen LogP contribution in [0.1, 0.15) is 23.1 Å². The molecule has 3 atom stereocenters. The van der Waals surface area contributed by atoms with E-state index in [0.29, 0.717) is 26.0 Å². The molecule has 5 heteroatoms. The van der Waals surface area contributed by atoms with Gasteiger partial charge in [0.15, 0.2) is 0 Å². The lowest BCUT2D eigenvalue weighted by Gasteiger charge is -2.34. The van der Waals surface area contributed by atoms with E-state index in [1.54, 1.807) is 4.90 Å². The molecule has 0 radical (unpaired) electrons. The van der Waals surface area contributed by atoms with Crippen LogP contribution in [0.3, 0.4) is 0 Å². The summed E-state index contributed by atoms with van der Waals surface area (Å²) in [5, 5.41) is 11.1. The van der Waals surface area contributed by atoms with Crippen molar-refractivity contribution in [2.24, 2.45) is 0 Å².